The second-order valence-electron chi connectivity index (χ2n) is 5.88. The van der Waals surface area contributed by atoms with Gasteiger partial charge in [-0.05, 0) is 31.2 Å². The molecule has 7 nitrogen and oxygen atoms in total. The van der Waals surface area contributed by atoms with Gasteiger partial charge in [-0.25, -0.2) is 4.79 Å². The Morgan fingerprint density at radius 3 is 2.32 bits per heavy atom. The summed E-state index contributed by atoms with van der Waals surface area (Å²) >= 11 is 0. The van der Waals surface area contributed by atoms with E-state index >= 15 is 0 Å². The third-order valence-corrected chi connectivity index (χ3v) is 3.94. The van der Waals surface area contributed by atoms with Crippen LogP contribution in [0.2, 0.25) is 0 Å². The number of nitrogens with one attached hydrogen (secondary N) is 2. The molecule has 0 radical (unpaired) electrons. The van der Waals surface area contributed by atoms with Crippen molar-refractivity contribution < 1.29 is 19.1 Å². The lowest BCUT2D eigenvalue weighted by Crippen LogP contribution is -2.24. The van der Waals surface area contributed by atoms with Crippen LogP contribution >= 0.6 is 0 Å². The Balaban J connectivity index is 1.88. The monoisotopic (exact) mass is 379 g/mol. The molecule has 1 amide bonds. The van der Waals surface area contributed by atoms with E-state index < -0.39 is 11.9 Å². The Morgan fingerprint density at radius 2 is 1.68 bits per heavy atom. The fraction of sp³-hybridized carbons (Fsp3) is 0.190. The maximum Gasteiger partial charge on any atom is 0.359 e. The SMILES string of the molecule is CCOC(=O)C(=NNc1ccccc1)C1=C(C(=O)Nc2ccccc2)OCC1. The third-order valence-electron chi connectivity index (χ3n) is 3.94. The molecule has 2 N–H and O–H groups in total. The smallest absolute Gasteiger partial charge is 0.359 e. The summed E-state index contributed by atoms with van der Waals surface area (Å²) in [6, 6.07) is 18.2. The molecule has 0 aliphatic carbocycles. The van der Waals surface area contributed by atoms with Crippen molar-refractivity contribution in [2.75, 3.05) is 24.0 Å². The molecule has 144 valence electrons. The van der Waals surface area contributed by atoms with Crippen molar-refractivity contribution >= 4 is 29.0 Å². The highest BCUT2D eigenvalue weighted by molar-refractivity contribution is 6.44. The quantitative estimate of drug-likeness (QED) is 0.438. The van der Waals surface area contributed by atoms with Gasteiger partial charge in [0.2, 0.25) is 0 Å². The summed E-state index contributed by atoms with van der Waals surface area (Å²) in [5, 5.41) is 6.97. The van der Waals surface area contributed by atoms with Gasteiger partial charge in [-0.2, -0.15) is 5.10 Å². The number of esters is 1. The van der Waals surface area contributed by atoms with Crippen LogP contribution in [0.1, 0.15) is 13.3 Å². The molecule has 0 spiro atoms. The Labute approximate surface area is 163 Å². The third kappa shape index (κ3) is 4.76. The number of benzene rings is 2. The lowest BCUT2D eigenvalue weighted by atomic mass is 10.1. The van der Waals surface area contributed by atoms with Crippen molar-refractivity contribution in [1.82, 2.24) is 0 Å². The highest BCUT2D eigenvalue weighted by atomic mass is 16.5. The van der Waals surface area contributed by atoms with Gasteiger partial charge in [0, 0.05) is 17.7 Å². The van der Waals surface area contributed by atoms with Crippen LogP contribution in [-0.4, -0.2) is 30.8 Å². The van der Waals surface area contributed by atoms with E-state index in [1.807, 2.05) is 48.5 Å². The van der Waals surface area contributed by atoms with Crippen molar-refractivity contribution in [2.45, 2.75) is 13.3 Å². The first-order valence-corrected chi connectivity index (χ1v) is 8.97. The number of amides is 1. The molecule has 1 aliphatic heterocycles. The molecular weight excluding hydrogens is 358 g/mol. The van der Waals surface area contributed by atoms with Crippen LogP contribution in [-0.2, 0) is 19.1 Å². The predicted molar refractivity (Wildman–Crippen MR) is 107 cm³/mol. The highest BCUT2D eigenvalue weighted by Gasteiger charge is 2.31. The van der Waals surface area contributed by atoms with Gasteiger partial charge in [0.05, 0.1) is 18.9 Å². The number of hydrogen-bond acceptors (Lipinski definition) is 6. The number of rotatable bonds is 7. The number of carbonyl (C=O) groups is 2. The molecule has 0 saturated carbocycles. The summed E-state index contributed by atoms with van der Waals surface area (Å²) < 4.78 is 10.6. The van der Waals surface area contributed by atoms with Crippen molar-refractivity contribution in [1.29, 1.82) is 0 Å². The van der Waals surface area contributed by atoms with E-state index in [0.29, 0.717) is 23.4 Å². The molecule has 3 rings (SSSR count). The number of nitrogens with zero attached hydrogens (tertiary/aromatic N) is 1. The molecule has 0 unspecified atom stereocenters. The average molecular weight is 379 g/mol. The van der Waals surface area contributed by atoms with Gasteiger partial charge < -0.3 is 14.8 Å². The molecule has 7 heteroatoms. The fourth-order valence-corrected chi connectivity index (χ4v) is 2.66. The van der Waals surface area contributed by atoms with Gasteiger partial charge >= 0.3 is 5.97 Å². The first kappa shape index (κ1) is 19.2. The minimum absolute atomic E-state index is 0.0291. The summed E-state index contributed by atoms with van der Waals surface area (Å²) in [6.45, 7) is 2.20. The largest absolute Gasteiger partial charge is 0.487 e. The summed E-state index contributed by atoms with van der Waals surface area (Å²) in [7, 11) is 0. The molecule has 0 atom stereocenters. The number of para-hydroxylation sites is 2. The van der Waals surface area contributed by atoms with Crippen LogP contribution in [0.5, 0.6) is 0 Å². The molecule has 1 heterocycles. The van der Waals surface area contributed by atoms with Crippen LogP contribution in [0.4, 0.5) is 11.4 Å². The second-order valence-corrected chi connectivity index (χ2v) is 5.88. The van der Waals surface area contributed by atoms with Crippen LogP contribution in [0.3, 0.4) is 0 Å². The van der Waals surface area contributed by atoms with Gasteiger partial charge in [-0.3, -0.25) is 10.2 Å². The van der Waals surface area contributed by atoms with Crippen molar-refractivity contribution in [3.63, 3.8) is 0 Å². The summed E-state index contributed by atoms with van der Waals surface area (Å²) in [5.41, 5.74) is 4.62. The zero-order valence-corrected chi connectivity index (χ0v) is 15.5. The fourth-order valence-electron chi connectivity index (χ4n) is 2.66. The number of anilines is 2. The van der Waals surface area contributed by atoms with E-state index in [-0.39, 0.29) is 24.7 Å². The van der Waals surface area contributed by atoms with E-state index in [2.05, 4.69) is 15.8 Å². The molecule has 0 bridgehead atoms. The molecule has 0 aromatic heterocycles. The van der Waals surface area contributed by atoms with Crippen LogP contribution in [0.25, 0.3) is 0 Å². The van der Waals surface area contributed by atoms with Crippen molar-refractivity contribution in [3.8, 4) is 0 Å². The number of hydrazone groups is 1. The van der Waals surface area contributed by atoms with E-state index in [1.54, 1.807) is 19.1 Å². The normalized spacial score (nSPS) is 13.7. The summed E-state index contributed by atoms with van der Waals surface area (Å²) in [4.78, 5) is 25.1. The molecule has 2 aromatic rings. The summed E-state index contributed by atoms with van der Waals surface area (Å²) in [5.74, 6) is -0.975. The van der Waals surface area contributed by atoms with E-state index in [9.17, 15) is 9.59 Å². The Hall–Kier alpha value is -3.61. The topological polar surface area (TPSA) is 89.0 Å². The standard InChI is InChI=1S/C21H21N3O4/c1-2-27-21(26)18(24-23-16-11-7-4-8-12-16)17-13-14-28-19(17)20(25)22-15-9-5-3-6-10-15/h3-12,23H,2,13-14H2,1H3,(H,22,25). The summed E-state index contributed by atoms with van der Waals surface area (Å²) in [6.07, 6.45) is 0.381. The maximum absolute atomic E-state index is 12.7. The highest BCUT2D eigenvalue weighted by Crippen LogP contribution is 2.23. The molecular formula is C21H21N3O4. The van der Waals surface area contributed by atoms with E-state index in [1.165, 1.54) is 0 Å². The van der Waals surface area contributed by atoms with Gasteiger partial charge in [0.1, 0.15) is 0 Å². The minimum atomic E-state index is -0.614. The average Bonchev–Trinajstić information content (AvgIpc) is 3.20. The first-order valence-electron chi connectivity index (χ1n) is 8.97. The van der Waals surface area contributed by atoms with Gasteiger partial charge in [0.15, 0.2) is 11.5 Å². The maximum atomic E-state index is 12.7. The molecule has 0 saturated heterocycles. The first-order chi connectivity index (χ1) is 13.7. The van der Waals surface area contributed by atoms with Crippen molar-refractivity contribution in [3.05, 3.63) is 72.0 Å². The van der Waals surface area contributed by atoms with Gasteiger partial charge in [-0.15, -0.1) is 0 Å². The molecule has 28 heavy (non-hydrogen) atoms. The zero-order chi connectivity index (χ0) is 19.8. The van der Waals surface area contributed by atoms with Gasteiger partial charge in [-0.1, -0.05) is 36.4 Å². The second kappa shape index (κ2) is 9.36. The van der Waals surface area contributed by atoms with E-state index in [4.69, 9.17) is 9.47 Å². The Bertz CT molecular complexity index is 892. The van der Waals surface area contributed by atoms with E-state index in [0.717, 1.165) is 0 Å². The number of hydrogen-bond donors (Lipinski definition) is 2. The molecule has 0 fully saturated rings. The predicted octanol–water partition coefficient (Wildman–Crippen LogP) is 3.33. The van der Waals surface area contributed by atoms with Gasteiger partial charge in [0.25, 0.3) is 5.91 Å². The molecule has 2 aromatic carbocycles. The molecule has 1 aliphatic rings. The lowest BCUT2D eigenvalue weighted by molar-refractivity contribution is -0.135. The van der Waals surface area contributed by atoms with Crippen LogP contribution in [0, 0.1) is 0 Å². The minimum Gasteiger partial charge on any atom is -0.487 e. The number of ether oxygens (including phenoxy) is 2. The van der Waals surface area contributed by atoms with Crippen LogP contribution in [0.15, 0.2) is 77.1 Å². The van der Waals surface area contributed by atoms with Crippen LogP contribution < -0.4 is 10.7 Å². The lowest BCUT2D eigenvalue weighted by Gasteiger charge is -2.10. The zero-order valence-electron chi connectivity index (χ0n) is 15.5. The van der Waals surface area contributed by atoms with Crippen molar-refractivity contribution in [2.24, 2.45) is 5.10 Å². The number of carbonyl (C=O) groups excluding carboxylic acids is 2. The Morgan fingerprint density at radius 1 is 1.04 bits per heavy atom. The Kier molecular flexibility index (Phi) is 6.41.